The maximum atomic E-state index is 6.23. The number of ether oxygens (including phenoxy) is 1. The van der Waals surface area contributed by atoms with E-state index in [1.165, 1.54) is 39.2 Å². The van der Waals surface area contributed by atoms with Gasteiger partial charge in [-0.05, 0) is 53.8 Å². The van der Waals surface area contributed by atoms with Gasteiger partial charge < -0.3 is 14.7 Å². The lowest BCUT2D eigenvalue weighted by Crippen LogP contribution is -2.10. The molecule has 0 atom stereocenters. The summed E-state index contributed by atoms with van der Waals surface area (Å²) in [4.78, 5) is 16.4. The van der Waals surface area contributed by atoms with Crippen molar-refractivity contribution in [3.05, 3.63) is 65.0 Å². The minimum atomic E-state index is 0.377. The Labute approximate surface area is 188 Å². The van der Waals surface area contributed by atoms with Gasteiger partial charge in [-0.1, -0.05) is 33.8 Å². The van der Waals surface area contributed by atoms with Crippen LogP contribution in [-0.2, 0) is 19.4 Å². The molecule has 0 fully saturated rings. The number of benzene rings is 2. The molecule has 0 saturated carbocycles. The second-order valence-corrected chi connectivity index (χ2v) is 9.60. The monoisotopic (exact) mass is 424 g/mol. The van der Waals surface area contributed by atoms with Crippen LogP contribution in [0.25, 0.3) is 33.6 Å². The molecule has 2 aromatic heterocycles. The fourth-order valence-corrected chi connectivity index (χ4v) is 4.82. The topological polar surface area (TPSA) is 66.6 Å². The normalized spacial score (nSPS) is 14.1. The molecule has 2 aromatic carbocycles. The summed E-state index contributed by atoms with van der Waals surface area (Å²) in [6.45, 7) is 9.24. The molecule has 3 heterocycles. The number of aromatic amines is 2. The van der Waals surface area contributed by atoms with Crippen molar-refractivity contribution in [1.29, 1.82) is 0 Å². The molecule has 1 aliphatic carbocycles. The second kappa shape index (κ2) is 7.09. The van der Waals surface area contributed by atoms with Gasteiger partial charge in [-0.3, -0.25) is 0 Å². The Morgan fingerprint density at radius 2 is 1.66 bits per heavy atom. The largest absolute Gasteiger partial charge is 0.488 e. The van der Waals surface area contributed by atoms with Crippen LogP contribution in [0.4, 0.5) is 0 Å². The molecule has 32 heavy (non-hydrogen) atoms. The van der Waals surface area contributed by atoms with Gasteiger partial charge in [0, 0.05) is 28.5 Å². The number of H-pyrrole nitrogens is 2. The molecule has 0 saturated heterocycles. The molecule has 5 nitrogen and oxygen atoms in total. The third-order valence-electron chi connectivity index (χ3n) is 6.68. The molecule has 2 aliphatic rings. The molecular formula is C27H28N4O. The number of imidazole rings is 2. The summed E-state index contributed by atoms with van der Waals surface area (Å²) in [7, 11) is 0. The molecule has 2 N–H and O–H groups in total. The van der Waals surface area contributed by atoms with Gasteiger partial charge in [0.25, 0.3) is 0 Å². The average Bonchev–Trinajstić information content (AvgIpc) is 3.45. The predicted molar refractivity (Wildman–Crippen MR) is 127 cm³/mol. The molecule has 0 bridgehead atoms. The van der Waals surface area contributed by atoms with E-state index in [9.17, 15) is 0 Å². The molecular weight excluding hydrogens is 396 g/mol. The molecule has 5 heteroatoms. The second-order valence-electron chi connectivity index (χ2n) is 9.60. The maximum Gasteiger partial charge on any atom is 0.128 e. The predicted octanol–water partition coefficient (Wildman–Crippen LogP) is 6.37. The minimum absolute atomic E-state index is 0.377. The number of rotatable bonds is 3. The Balaban J connectivity index is 1.40. The third kappa shape index (κ3) is 2.99. The van der Waals surface area contributed by atoms with Crippen molar-refractivity contribution in [1.82, 2.24) is 19.9 Å². The van der Waals surface area contributed by atoms with Crippen molar-refractivity contribution in [2.45, 2.75) is 59.0 Å². The van der Waals surface area contributed by atoms with E-state index in [4.69, 9.17) is 9.72 Å². The van der Waals surface area contributed by atoms with Crippen LogP contribution in [0.15, 0.2) is 36.5 Å². The van der Waals surface area contributed by atoms with E-state index in [1.807, 2.05) is 6.20 Å². The van der Waals surface area contributed by atoms with Crippen LogP contribution in [0.3, 0.4) is 0 Å². The molecule has 1 aliphatic heterocycles. The quantitative estimate of drug-likeness (QED) is 0.401. The van der Waals surface area contributed by atoms with Crippen LogP contribution >= 0.6 is 0 Å². The number of hydrogen-bond donors (Lipinski definition) is 2. The van der Waals surface area contributed by atoms with Crippen molar-refractivity contribution in [2.24, 2.45) is 0 Å². The van der Waals surface area contributed by atoms with E-state index in [1.54, 1.807) is 0 Å². The molecule has 0 radical (unpaired) electrons. The van der Waals surface area contributed by atoms with E-state index in [2.05, 4.69) is 73.0 Å². The zero-order valence-electron chi connectivity index (χ0n) is 19.0. The lowest BCUT2D eigenvalue weighted by molar-refractivity contribution is 0.302. The Bertz CT molecular complexity index is 1340. The minimum Gasteiger partial charge on any atom is -0.488 e. The van der Waals surface area contributed by atoms with Crippen molar-refractivity contribution < 1.29 is 4.74 Å². The number of fused-ring (bicyclic) bond motifs is 6. The van der Waals surface area contributed by atoms with E-state index >= 15 is 0 Å². The lowest BCUT2D eigenvalue weighted by atomic mass is 9.85. The number of nitrogens with one attached hydrogen (secondary N) is 2. The molecule has 0 amide bonds. The molecule has 0 unspecified atom stereocenters. The number of aromatic nitrogens is 4. The van der Waals surface area contributed by atoms with Gasteiger partial charge in [-0.15, -0.1) is 0 Å². The Morgan fingerprint density at radius 1 is 0.844 bits per heavy atom. The standard InChI is InChI=1S/C27H28N4O/c1-14(2)26-28-12-23(30-26)17-5-7-19-20-9-16-6-8-22-25(31-27(29-22)15(3)4)21(16)10-18(20)13-32-24(19)11-17/h5,7,9-12,14-15H,6,8,13H2,1-4H3,(H,28,30)(H,29,31). The van der Waals surface area contributed by atoms with Crippen molar-refractivity contribution in [3.63, 3.8) is 0 Å². The van der Waals surface area contributed by atoms with E-state index in [0.717, 1.165) is 41.5 Å². The summed E-state index contributed by atoms with van der Waals surface area (Å²) in [5.74, 6) is 3.81. The SMILES string of the molecule is CC(C)c1ncc(-c2ccc3c(c2)OCc2cc4c(cc2-3)CCc2nc(C(C)C)[nH]c2-4)[nH]1. The lowest BCUT2D eigenvalue weighted by Gasteiger charge is -2.25. The van der Waals surface area contributed by atoms with Gasteiger partial charge in [0.1, 0.15) is 24.0 Å². The first kappa shape index (κ1) is 19.4. The van der Waals surface area contributed by atoms with Gasteiger partial charge in [0.2, 0.25) is 0 Å². The summed E-state index contributed by atoms with van der Waals surface area (Å²) in [5.41, 5.74) is 10.9. The molecule has 4 aromatic rings. The fraction of sp³-hybridized carbons (Fsp3) is 0.333. The maximum absolute atomic E-state index is 6.23. The van der Waals surface area contributed by atoms with Gasteiger partial charge in [-0.2, -0.15) is 0 Å². The van der Waals surface area contributed by atoms with E-state index in [-0.39, 0.29) is 0 Å². The van der Waals surface area contributed by atoms with Crippen LogP contribution < -0.4 is 4.74 Å². The highest BCUT2D eigenvalue weighted by Gasteiger charge is 2.26. The summed E-state index contributed by atoms with van der Waals surface area (Å²) < 4.78 is 6.23. The highest BCUT2D eigenvalue weighted by atomic mass is 16.5. The van der Waals surface area contributed by atoms with E-state index in [0.29, 0.717) is 18.4 Å². The number of nitrogens with zero attached hydrogens (tertiary/aromatic N) is 2. The highest BCUT2D eigenvalue weighted by molar-refractivity contribution is 5.83. The molecule has 6 rings (SSSR count). The van der Waals surface area contributed by atoms with Gasteiger partial charge in [-0.25, -0.2) is 9.97 Å². The van der Waals surface area contributed by atoms with Gasteiger partial charge in [0.05, 0.1) is 23.3 Å². The van der Waals surface area contributed by atoms with Crippen LogP contribution in [0.5, 0.6) is 5.75 Å². The zero-order chi connectivity index (χ0) is 22.0. The van der Waals surface area contributed by atoms with Crippen LogP contribution in [0.2, 0.25) is 0 Å². The third-order valence-corrected chi connectivity index (χ3v) is 6.68. The Morgan fingerprint density at radius 3 is 2.44 bits per heavy atom. The fourth-order valence-electron chi connectivity index (χ4n) is 4.82. The first-order chi connectivity index (χ1) is 15.5. The van der Waals surface area contributed by atoms with E-state index < -0.39 is 0 Å². The smallest absolute Gasteiger partial charge is 0.128 e. The first-order valence-corrected chi connectivity index (χ1v) is 11.6. The van der Waals surface area contributed by atoms with Crippen molar-refractivity contribution in [3.8, 4) is 39.4 Å². The summed E-state index contributed by atoms with van der Waals surface area (Å²) >= 11 is 0. The van der Waals surface area contributed by atoms with Crippen LogP contribution in [-0.4, -0.2) is 19.9 Å². The van der Waals surface area contributed by atoms with Crippen LogP contribution in [0.1, 0.15) is 68.0 Å². The Hall–Kier alpha value is -3.34. The van der Waals surface area contributed by atoms with Crippen molar-refractivity contribution >= 4 is 0 Å². The molecule has 162 valence electrons. The summed E-state index contributed by atoms with van der Waals surface area (Å²) in [6.07, 6.45) is 3.93. The van der Waals surface area contributed by atoms with Crippen LogP contribution in [0, 0.1) is 0 Å². The summed E-state index contributed by atoms with van der Waals surface area (Å²) in [6, 6.07) is 11.2. The zero-order valence-corrected chi connectivity index (χ0v) is 19.0. The average molecular weight is 425 g/mol. The highest BCUT2D eigenvalue weighted by Crippen LogP contribution is 2.44. The number of aryl methyl sites for hydroxylation is 2. The number of hydrogen-bond acceptors (Lipinski definition) is 3. The first-order valence-electron chi connectivity index (χ1n) is 11.6. The molecule has 0 spiro atoms. The Kier molecular flexibility index (Phi) is 4.29. The van der Waals surface area contributed by atoms with Crippen molar-refractivity contribution in [2.75, 3.05) is 0 Å². The van der Waals surface area contributed by atoms with Gasteiger partial charge in [0.15, 0.2) is 0 Å². The van der Waals surface area contributed by atoms with Gasteiger partial charge >= 0.3 is 0 Å². The summed E-state index contributed by atoms with van der Waals surface area (Å²) in [5, 5.41) is 0.